The second-order valence-corrected chi connectivity index (χ2v) is 3.23. The summed E-state index contributed by atoms with van der Waals surface area (Å²) in [5, 5.41) is 0.676. The van der Waals surface area contributed by atoms with Crippen molar-refractivity contribution in [2.75, 3.05) is 0 Å². The molecule has 0 radical (unpaired) electrons. The zero-order chi connectivity index (χ0) is 10.6. The van der Waals surface area contributed by atoms with Gasteiger partial charge in [-0.3, -0.25) is 0 Å². The topological polar surface area (TPSA) is 78.1 Å². The zero-order valence-corrected chi connectivity index (χ0v) is 8.33. The molecular formula is C10H12ClN3. The van der Waals surface area contributed by atoms with E-state index < -0.39 is 0 Å². The second-order valence-electron chi connectivity index (χ2n) is 2.80. The molecule has 0 unspecified atom stereocenters. The normalized spacial score (nSPS) is 11.1. The lowest BCUT2D eigenvalue weighted by Crippen LogP contribution is -2.07. The number of benzene rings is 1. The van der Waals surface area contributed by atoms with Gasteiger partial charge in [0, 0.05) is 10.7 Å². The van der Waals surface area contributed by atoms with Gasteiger partial charge < -0.3 is 17.2 Å². The molecule has 1 rings (SSSR count). The van der Waals surface area contributed by atoms with Crippen molar-refractivity contribution in [1.29, 1.82) is 0 Å². The van der Waals surface area contributed by atoms with Crippen LogP contribution in [-0.4, -0.2) is 0 Å². The summed E-state index contributed by atoms with van der Waals surface area (Å²) in [4.78, 5) is 0. The fraction of sp³-hybridized carbons (Fsp3) is 0. The van der Waals surface area contributed by atoms with E-state index in [0.717, 1.165) is 5.56 Å². The maximum Gasteiger partial charge on any atom is 0.0934 e. The molecule has 1 aromatic carbocycles. The van der Waals surface area contributed by atoms with Crippen molar-refractivity contribution in [1.82, 2.24) is 0 Å². The molecule has 14 heavy (non-hydrogen) atoms. The Morgan fingerprint density at radius 3 is 2.07 bits per heavy atom. The molecule has 6 N–H and O–H groups in total. The van der Waals surface area contributed by atoms with Crippen LogP contribution in [0.25, 0.3) is 5.70 Å². The number of rotatable bonds is 2. The Morgan fingerprint density at radius 2 is 1.57 bits per heavy atom. The molecule has 0 aliphatic heterocycles. The Kier molecular flexibility index (Phi) is 3.42. The van der Waals surface area contributed by atoms with Gasteiger partial charge in [0.1, 0.15) is 0 Å². The minimum absolute atomic E-state index is 0.224. The third kappa shape index (κ3) is 3.03. The zero-order valence-electron chi connectivity index (χ0n) is 7.57. The van der Waals surface area contributed by atoms with Crippen LogP contribution in [0.2, 0.25) is 5.02 Å². The average molecular weight is 210 g/mol. The van der Waals surface area contributed by atoms with Crippen molar-refractivity contribution in [3.63, 3.8) is 0 Å². The number of halogens is 1. The SMILES string of the molecule is NC(N)=C/C=C(\N)c1ccc(Cl)cc1. The molecule has 0 atom stereocenters. The van der Waals surface area contributed by atoms with Crippen molar-refractivity contribution < 1.29 is 0 Å². The summed E-state index contributed by atoms with van der Waals surface area (Å²) in [7, 11) is 0. The first-order valence-corrected chi connectivity index (χ1v) is 4.42. The molecule has 0 spiro atoms. The maximum atomic E-state index is 5.76. The highest BCUT2D eigenvalue weighted by molar-refractivity contribution is 6.30. The van der Waals surface area contributed by atoms with Gasteiger partial charge in [-0.2, -0.15) is 0 Å². The fourth-order valence-corrected chi connectivity index (χ4v) is 1.05. The van der Waals surface area contributed by atoms with E-state index in [1.807, 2.05) is 12.1 Å². The van der Waals surface area contributed by atoms with Gasteiger partial charge in [0.25, 0.3) is 0 Å². The quantitative estimate of drug-likeness (QED) is 0.645. The third-order valence-electron chi connectivity index (χ3n) is 1.63. The highest BCUT2D eigenvalue weighted by Gasteiger charge is 1.94. The van der Waals surface area contributed by atoms with Crippen LogP contribution >= 0.6 is 11.6 Å². The van der Waals surface area contributed by atoms with E-state index in [1.165, 1.54) is 0 Å². The van der Waals surface area contributed by atoms with Gasteiger partial charge in [-0.25, -0.2) is 0 Å². The Labute approximate surface area is 87.8 Å². The first-order chi connectivity index (χ1) is 6.59. The van der Waals surface area contributed by atoms with Crippen LogP contribution in [0.15, 0.2) is 42.2 Å². The average Bonchev–Trinajstić information content (AvgIpc) is 2.15. The Balaban J connectivity index is 2.89. The van der Waals surface area contributed by atoms with Gasteiger partial charge in [0.15, 0.2) is 0 Å². The number of nitrogens with two attached hydrogens (primary N) is 3. The fourth-order valence-electron chi connectivity index (χ4n) is 0.925. The van der Waals surface area contributed by atoms with Crippen molar-refractivity contribution in [2.45, 2.75) is 0 Å². The molecule has 4 heteroatoms. The monoisotopic (exact) mass is 209 g/mol. The molecule has 3 nitrogen and oxygen atoms in total. The van der Waals surface area contributed by atoms with Gasteiger partial charge in [-0.05, 0) is 29.8 Å². The first-order valence-electron chi connectivity index (χ1n) is 4.04. The van der Waals surface area contributed by atoms with Crippen molar-refractivity contribution >= 4 is 17.3 Å². The van der Waals surface area contributed by atoms with Gasteiger partial charge in [0.05, 0.1) is 5.82 Å². The third-order valence-corrected chi connectivity index (χ3v) is 1.88. The predicted molar refractivity (Wildman–Crippen MR) is 60.1 cm³/mol. The molecule has 0 saturated carbocycles. The first kappa shape index (κ1) is 10.5. The molecular weight excluding hydrogens is 198 g/mol. The van der Waals surface area contributed by atoms with Crippen LogP contribution < -0.4 is 17.2 Å². The minimum atomic E-state index is 0.224. The summed E-state index contributed by atoms with van der Waals surface area (Å²) in [6.07, 6.45) is 3.20. The van der Waals surface area contributed by atoms with Gasteiger partial charge >= 0.3 is 0 Å². The molecule has 0 aliphatic carbocycles. The lowest BCUT2D eigenvalue weighted by atomic mass is 10.1. The van der Waals surface area contributed by atoms with E-state index in [-0.39, 0.29) is 5.82 Å². The van der Waals surface area contributed by atoms with E-state index in [2.05, 4.69) is 0 Å². The van der Waals surface area contributed by atoms with Crippen molar-refractivity contribution in [3.05, 3.63) is 52.8 Å². The van der Waals surface area contributed by atoms with Gasteiger partial charge in [-0.1, -0.05) is 23.7 Å². The summed E-state index contributed by atoms with van der Waals surface area (Å²) in [6, 6.07) is 7.20. The Morgan fingerprint density at radius 1 is 1.00 bits per heavy atom. The van der Waals surface area contributed by atoms with E-state index in [1.54, 1.807) is 24.3 Å². The van der Waals surface area contributed by atoms with Crippen molar-refractivity contribution in [3.8, 4) is 0 Å². The molecule has 0 heterocycles. The van der Waals surface area contributed by atoms with Crippen LogP contribution in [0.4, 0.5) is 0 Å². The number of hydrogen-bond acceptors (Lipinski definition) is 3. The molecule has 1 aromatic rings. The van der Waals surface area contributed by atoms with Gasteiger partial charge in [-0.15, -0.1) is 0 Å². The summed E-state index contributed by atoms with van der Waals surface area (Å²) < 4.78 is 0. The summed E-state index contributed by atoms with van der Waals surface area (Å²) in [5.74, 6) is 0.224. The van der Waals surface area contributed by atoms with Crippen LogP contribution in [0.5, 0.6) is 0 Å². The van der Waals surface area contributed by atoms with Crippen LogP contribution in [0.3, 0.4) is 0 Å². The van der Waals surface area contributed by atoms with E-state index >= 15 is 0 Å². The lowest BCUT2D eigenvalue weighted by molar-refractivity contribution is 1.25. The summed E-state index contributed by atoms with van der Waals surface area (Å²) in [6.45, 7) is 0. The van der Waals surface area contributed by atoms with E-state index in [9.17, 15) is 0 Å². The largest absolute Gasteiger partial charge is 0.398 e. The molecule has 0 saturated heterocycles. The Hall–Kier alpha value is -1.61. The second kappa shape index (κ2) is 4.58. The molecule has 74 valence electrons. The van der Waals surface area contributed by atoms with Crippen LogP contribution in [0.1, 0.15) is 5.56 Å². The van der Waals surface area contributed by atoms with Crippen LogP contribution in [0, 0.1) is 0 Å². The predicted octanol–water partition coefficient (Wildman–Crippen LogP) is 1.40. The lowest BCUT2D eigenvalue weighted by Gasteiger charge is -2.00. The summed E-state index contributed by atoms with van der Waals surface area (Å²) >= 11 is 5.73. The van der Waals surface area contributed by atoms with Crippen LogP contribution in [-0.2, 0) is 0 Å². The smallest absolute Gasteiger partial charge is 0.0934 e. The number of allylic oxidation sites excluding steroid dienone is 2. The highest BCUT2D eigenvalue weighted by atomic mass is 35.5. The molecule has 0 aromatic heterocycles. The van der Waals surface area contributed by atoms with E-state index in [0.29, 0.717) is 10.7 Å². The van der Waals surface area contributed by atoms with Crippen molar-refractivity contribution in [2.24, 2.45) is 17.2 Å². The van der Waals surface area contributed by atoms with E-state index in [4.69, 9.17) is 28.8 Å². The summed E-state index contributed by atoms with van der Waals surface area (Å²) in [5.41, 5.74) is 17.8. The molecule has 0 amide bonds. The molecule has 0 fully saturated rings. The molecule has 0 aliphatic rings. The Bertz CT molecular complexity index is 361. The number of hydrogen-bond donors (Lipinski definition) is 3. The van der Waals surface area contributed by atoms with Gasteiger partial charge in [0.2, 0.25) is 0 Å². The standard InChI is InChI=1S/C10H12ClN3/c11-8-3-1-7(2-4-8)9(12)5-6-10(13)14/h1-6H,12-14H2/b9-5-. The highest BCUT2D eigenvalue weighted by Crippen LogP contribution is 2.13. The minimum Gasteiger partial charge on any atom is -0.398 e. The molecule has 0 bridgehead atoms. The maximum absolute atomic E-state index is 5.76.